The van der Waals surface area contributed by atoms with Gasteiger partial charge in [-0.15, -0.1) is 0 Å². The van der Waals surface area contributed by atoms with Crippen molar-refractivity contribution in [3.8, 4) is 0 Å². The zero-order valence-corrected chi connectivity index (χ0v) is 18.0. The van der Waals surface area contributed by atoms with Crippen LogP contribution in [0.5, 0.6) is 0 Å². The molecular formula is C25H26ClFN2O. The zero-order chi connectivity index (χ0) is 21.3. The molecule has 0 radical (unpaired) electrons. The number of hydrogen-bond acceptors (Lipinski definition) is 2. The molecule has 2 aromatic carbocycles. The van der Waals surface area contributed by atoms with Crippen molar-refractivity contribution in [3.05, 3.63) is 71.1 Å². The van der Waals surface area contributed by atoms with Gasteiger partial charge in [0.05, 0.1) is 5.52 Å². The number of amides is 1. The van der Waals surface area contributed by atoms with E-state index in [9.17, 15) is 9.18 Å². The molecule has 4 rings (SSSR count). The molecule has 1 N–H and O–H groups in total. The van der Waals surface area contributed by atoms with E-state index >= 15 is 0 Å². The minimum absolute atomic E-state index is 0.0368. The number of aromatic nitrogens is 1. The molecule has 1 aliphatic rings. The van der Waals surface area contributed by atoms with E-state index in [1.54, 1.807) is 24.3 Å². The Bertz CT molecular complexity index is 1060. The first kappa shape index (κ1) is 20.8. The molecule has 1 saturated carbocycles. The number of anilines is 1. The van der Waals surface area contributed by atoms with E-state index < -0.39 is 0 Å². The Morgan fingerprint density at radius 2 is 1.87 bits per heavy atom. The molecule has 3 aromatic rings. The van der Waals surface area contributed by atoms with Crippen molar-refractivity contribution in [2.24, 2.45) is 11.3 Å². The van der Waals surface area contributed by atoms with Crippen LogP contribution in [-0.4, -0.2) is 10.9 Å². The van der Waals surface area contributed by atoms with E-state index in [1.165, 1.54) is 11.6 Å². The summed E-state index contributed by atoms with van der Waals surface area (Å²) in [7, 11) is 0. The van der Waals surface area contributed by atoms with Gasteiger partial charge in [-0.05, 0) is 91.1 Å². The summed E-state index contributed by atoms with van der Waals surface area (Å²) in [5.74, 6) is 0.0530. The fraction of sp³-hybridized carbons (Fsp3) is 0.360. The average Bonchev–Trinajstić information content (AvgIpc) is 2.75. The van der Waals surface area contributed by atoms with Crippen LogP contribution < -0.4 is 5.32 Å². The van der Waals surface area contributed by atoms with Crippen molar-refractivity contribution in [2.75, 3.05) is 5.32 Å². The molecule has 0 aliphatic heterocycles. The second-order valence-electron chi connectivity index (χ2n) is 8.71. The van der Waals surface area contributed by atoms with Crippen LogP contribution in [-0.2, 0) is 4.79 Å². The maximum absolute atomic E-state index is 13.8. The number of pyridine rings is 1. The topological polar surface area (TPSA) is 42.0 Å². The highest BCUT2D eigenvalue weighted by molar-refractivity contribution is 6.30. The first-order valence-electron chi connectivity index (χ1n) is 10.5. The highest BCUT2D eigenvalue weighted by Crippen LogP contribution is 2.48. The molecule has 1 heterocycles. The van der Waals surface area contributed by atoms with Crippen LogP contribution in [0.2, 0.25) is 5.02 Å². The lowest BCUT2D eigenvalue weighted by atomic mass is 9.64. The Morgan fingerprint density at radius 1 is 1.17 bits per heavy atom. The van der Waals surface area contributed by atoms with E-state index in [4.69, 9.17) is 11.6 Å². The van der Waals surface area contributed by atoms with Gasteiger partial charge >= 0.3 is 0 Å². The van der Waals surface area contributed by atoms with Gasteiger partial charge in [0.15, 0.2) is 0 Å². The van der Waals surface area contributed by atoms with Gasteiger partial charge in [0.1, 0.15) is 5.82 Å². The number of halogens is 2. The number of rotatable bonds is 4. The van der Waals surface area contributed by atoms with Crippen LogP contribution in [0.1, 0.15) is 51.0 Å². The zero-order valence-electron chi connectivity index (χ0n) is 17.3. The summed E-state index contributed by atoms with van der Waals surface area (Å²) >= 11 is 5.93. The van der Waals surface area contributed by atoms with Crippen LogP contribution >= 0.6 is 11.6 Å². The number of nitrogens with zero attached hydrogens (tertiary/aromatic N) is 1. The van der Waals surface area contributed by atoms with Crippen LogP contribution in [0.4, 0.5) is 10.1 Å². The fourth-order valence-corrected chi connectivity index (χ4v) is 4.74. The summed E-state index contributed by atoms with van der Waals surface area (Å²) < 4.78 is 13.8. The number of carbonyl (C=O) groups excluding carboxylic acids is 1. The molecule has 1 amide bonds. The molecule has 3 nitrogen and oxygen atoms in total. The molecule has 1 aliphatic carbocycles. The van der Waals surface area contributed by atoms with Gasteiger partial charge in [-0.1, -0.05) is 25.4 Å². The predicted molar refractivity (Wildman–Crippen MR) is 120 cm³/mol. The van der Waals surface area contributed by atoms with Crippen molar-refractivity contribution in [1.82, 2.24) is 4.98 Å². The van der Waals surface area contributed by atoms with Crippen molar-refractivity contribution in [2.45, 2.75) is 45.4 Å². The summed E-state index contributed by atoms with van der Waals surface area (Å²) in [5, 5.41) is 4.57. The fourth-order valence-electron chi connectivity index (χ4n) is 4.62. The summed E-state index contributed by atoms with van der Waals surface area (Å²) in [6.07, 6.45) is 5.67. The Hall–Kier alpha value is -2.46. The van der Waals surface area contributed by atoms with Crippen LogP contribution in [0.25, 0.3) is 10.9 Å². The first-order valence-corrected chi connectivity index (χ1v) is 10.8. The predicted octanol–water partition coefficient (Wildman–Crippen LogP) is 6.97. The molecule has 5 heteroatoms. The molecule has 0 saturated heterocycles. The van der Waals surface area contributed by atoms with Crippen LogP contribution in [0.15, 0.2) is 54.7 Å². The Kier molecular flexibility index (Phi) is 5.79. The lowest BCUT2D eigenvalue weighted by molar-refractivity contribution is -0.123. The van der Waals surface area contributed by atoms with Crippen LogP contribution in [0.3, 0.4) is 0 Å². The lowest BCUT2D eigenvalue weighted by Crippen LogP contribution is -2.37. The SMILES string of the molecule is C[C@H](C(=O)Nc1ccc(Cl)cc1)C1(C)CCC(c2ccnc3ccc(F)cc23)CC1. The molecule has 156 valence electrons. The van der Waals surface area contributed by atoms with Gasteiger partial charge in [-0.25, -0.2) is 4.39 Å². The molecule has 1 fully saturated rings. The van der Waals surface area contributed by atoms with E-state index in [1.807, 2.05) is 31.3 Å². The number of nitrogens with one attached hydrogen (secondary N) is 1. The molecule has 0 bridgehead atoms. The molecule has 1 aromatic heterocycles. The summed E-state index contributed by atoms with van der Waals surface area (Å²) in [5.41, 5.74) is 2.69. The summed E-state index contributed by atoms with van der Waals surface area (Å²) in [4.78, 5) is 17.2. The number of benzene rings is 2. The second-order valence-corrected chi connectivity index (χ2v) is 9.14. The minimum Gasteiger partial charge on any atom is -0.326 e. The smallest absolute Gasteiger partial charge is 0.227 e. The van der Waals surface area contributed by atoms with Gasteiger partial charge in [0.2, 0.25) is 5.91 Å². The number of carbonyl (C=O) groups is 1. The normalized spacial score (nSPS) is 22.6. The second kappa shape index (κ2) is 8.35. The lowest BCUT2D eigenvalue weighted by Gasteiger charge is -2.41. The largest absolute Gasteiger partial charge is 0.326 e. The van der Waals surface area contributed by atoms with Crippen molar-refractivity contribution in [1.29, 1.82) is 0 Å². The summed E-state index contributed by atoms with van der Waals surface area (Å²) in [6, 6.07) is 14.0. The Morgan fingerprint density at radius 3 is 2.57 bits per heavy atom. The Labute approximate surface area is 181 Å². The Balaban J connectivity index is 1.46. The van der Waals surface area contributed by atoms with Gasteiger partial charge in [0, 0.05) is 28.2 Å². The molecular weight excluding hydrogens is 399 g/mol. The third-order valence-electron chi connectivity index (χ3n) is 6.86. The van der Waals surface area contributed by atoms with E-state index in [0.717, 1.165) is 42.3 Å². The molecule has 0 spiro atoms. The quantitative estimate of drug-likeness (QED) is 0.491. The van der Waals surface area contributed by atoms with Crippen LogP contribution in [0, 0.1) is 17.2 Å². The third kappa shape index (κ3) is 4.20. The molecule has 0 unspecified atom stereocenters. The van der Waals surface area contributed by atoms with Gasteiger partial charge in [0.25, 0.3) is 0 Å². The van der Waals surface area contributed by atoms with Crippen molar-refractivity contribution in [3.63, 3.8) is 0 Å². The maximum Gasteiger partial charge on any atom is 0.227 e. The van der Waals surface area contributed by atoms with E-state index in [-0.39, 0.29) is 23.1 Å². The maximum atomic E-state index is 13.8. The number of fused-ring (bicyclic) bond motifs is 1. The third-order valence-corrected chi connectivity index (χ3v) is 7.11. The summed E-state index contributed by atoms with van der Waals surface area (Å²) in [6.45, 7) is 4.22. The van der Waals surface area contributed by atoms with Gasteiger partial charge in [-0.2, -0.15) is 0 Å². The first-order chi connectivity index (χ1) is 14.4. The van der Waals surface area contributed by atoms with E-state index in [2.05, 4.69) is 17.2 Å². The minimum atomic E-state index is -0.232. The molecule has 1 atom stereocenters. The highest BCUT2D eigenvalue weighted by atomic mass is 35.5. The standard InChI is InChI=1S/C25H26ClFN2O/c1-16(24(30)29-20-6-3-18(26)4-7-20)25(2)12-9-17(10-13-25)21-11-14-28-23-8-5-19(27)15-22(21)23/h3-8,11,14-17H,9-10,12-13H2,1-2H3,(H,29,30)/t16-,17?,25?/m1/s1. The molecule has 30 heavy (non-hydrogen) atoms. The van der Waals surface area contributed by atoms with Gasteiger partial charge < -0.3 is 5.32 Å². The van der Waals surface area contributed by atoms with Crippen molar-refractivity contribution >= 4 is 34.1 Å². The monoisotopic (exact) mass is 424 g/mol. The van der Waals surface area contributed by atoms with E-state index in [0.29, 0.717) is 10.9 Å². The van der Waals surface area contributed by atoms with Crippen molar-refractivity contribution < 1.29 is 9.18 Å². The highest BCUT2D eigenvalue weighted by Gasteiger charge is 2.39. The van der Waals surface area contributed by atoms with Gasteiger partial charge in [-0.3, -0.25) is 9.78 Å². The average molecular weight is 425 g/mol. The number of hydrogen-bond donors (Lipinski definition) is 1.